The molecule has 40 valence electrons. The van der Waals surface area contributed by atoms with Gasteiger partial charge in [0.2, 0.25) is 0 Å². The normalized spacial score (nSPS) is 11.7. The van der Waals surface area contributed by atoms with Gasteiger partial charge in [-0.05, 0) is 5.92 Å². The maximum Gasteiger partial charge on any atom is 2.00 e. The third kappa shape index (κ3) is 6.99. The first-order valence-corrected chi connectivity index (χ1v) is 3.12. The van der Waals surface area contributed by atoms with E-state index in [1.54, 1.807) is 0 Å². The van der Waals surface area contributed by atoms with Gasteiger partial charge >= 0.3 is 23.1 Å². The molecule has 1 atom stereocenters. The van der Waals surface area contributed by atoms with Gasteiger partial charge in [0.25, 0.3) is 0 Å². The van der Waals surface area contributed by atoms with E-state index in [0.29, 0.717) is 5.92 Å². The molecular weight excluding hydrogens is 164 g/mol. The minimum atomic E-state index is 0. The predicted molar refractivity (Wildman–Crippen MR) is 41.1 cm³/mol. The zero-order chi connectivity index (χ0) is 4.99. The third-order valence-corrected chi connectivity index (χ3v) is 1.67. The first-order valence-electron chi connectivity index (χ1n) is 1.99. The van der Waals surface area contributed by atoms with Gasteiger partial charge in [-0.15, -0.1) is 6.58 Å². The molecular formula is C5H11BrMg. The molecule has 0 N–H and O–H groups in total. The molecule has 2 heteroatoms. The van der Waals surface area contributed by atoms with Crippen LogP contribution >= 0.6 is 15.9 Å². The monoisotopic (exact) mass is 174 g/mol. The molecule has 0 saturated carbocycles. The van der Waals surface area contributed by atoms with Crippen LogP contribution in [0.5, 0.6) is 0 Å². The quantitative estimate of drug-likeness (QED) is 0.342. The molecule has 0 saturated heterocycles. The van der Waals surface area contributed by atoms with Crippen LogP contribution in [0.4, 0.5) is 0 Å². The topological polar surface area (TPSA) is 0 Å². The molecule has 7 heavy (non-hydrogen) atoms. The smallest absolute Gasteiger partial charge is 1.00 e. The number of hydrogen-bond acceptors (Lipinski definition) is 0. The fourth-order valence-electron chi connectivity index (χ4n) is 0.0630. The molecule has 0 aromatic heterocycles. The average molecular weight is 175 g/mol. The third-order valence-electron chi connectivity index (χ3n) is 0.646. The van der Waals surface area contributed by atoms with Crippen molar-refractivity contribution in [3.63, 3.8) is 0 Å². The van der Waals surface area contributed by atoms with Crippen molar-refractivity contribution >= 4 is 39.0 Å². The second-order valence-electron chi connectivity index (χ2n) is 1.37. The van der Waals surface area contributed by atoms with Crippen molar-refractivity contribution < 1.29 is 2.85 Å². The van der Waals surface area contributed by atoms with E-state index in [4.69, 9.17) is 0 Å². The van der Waals surface area contributed by atoms with Crippen molar-refractivity contribution in [3.8, 4) is 0 Å². The average Bonchev–Trinajstić information content (AvgIpc) is 1.65. The molecule has 0 heterocycles. The van der Waals surface area contributed by atoms with Crippen LogP contribution < -0.4 is 0 Å². The van der Waals surface area contributed by atoms with E-state index in [1.165, 1.54) is 0 Å². The molecule has 1 unspecified atom stereocenters. The summed E-state index contributed by atoms with van der Waals surface area (Å²) in [6.07, 6.45) is 1.93. The van der Waals surface area contributed by atoms with Crippen molar-refractivity contribution in [1.29, 1.82) is 0 Å². The Morgan fingerprint density at radius 3 is 2.43 bits per heavy atom. The van der Waals surface area contributed by atoms with Gasteiger partial charge in [-0.25, -0.2) is 0 Å². The first-order chi connectivity index (χ1) is 2.81. The van der Waals surface area contributed by atoms with Crippen LogP contribution in [0.2, 0.25) is 0 Å². The number of allylic oxidation sites excluding steroid dienone is 1. The van der Waals surface area contributed by atoms with Crippen LogP contribution in [0, 0.1) is 5.92 Å². The van der Waals surface area contributed by atoms with E-state index in [2.05, 4.69) is 29.4 Å². The molecule has 0 fully saturated rings. The summed E-state index contributed by atoms with van der Waals surface area (Å²) in [4.78, 5) is 0. The van der Waals surface area contributed by atoms with E-state index >= 15 is 0 Å². The van der Waals surface area contributed by atoms with Crippen LogP contribution in [-0.2, 0) is 0 Å². The van der Waals surface area contributed by atoms with E-state index in [1.807, 2.05) is 6.08 Å². The maximum atomic E-state index is 3.60. The Bertz CT molecular complexity index is 52.2. The zero-order valence-electron chi connectivity index (χ0n) is 6.65. The van der Waals surface area contributed by atoms with Gasteiger partial charge in [0, 0.05) is 5.33 Å². The molecule has 0 spiro atoms. The van der Waals surface area contributed by atoms with E-state index in [0.717, 1.165) is 5.33 Å². The summed E-state index contributed by atoms with van der Waals surface area (Å²) in [5.74, 6) is 0.616. The van der Waals surface area contributed by atoms with Crippen molar-refractivity contribution in [3.05, 3.63) is 12.7 Å². The minimum Gasteiger partial charge on any atom is -1.00 e. The second-order valence-corrected chi connectivity index (χ2v) is 2.01. The molecule has 0 radical (unpaired) electrons. The summed E-state index contributed by atoms with van der Waals surface area (Å²) < 4.78 is 0. The molecule has 0 aliphatic rings. The van der Waals surface area contributed by atoms with Crippen LogP contribution in [-0.4, -0.2) is 28.4 Å². The van der Waals surface area contributed by atoms with Crippen LogP contribution in [0.1, 0.15) is 9.78 Å². The van der Waals surface area contributed by atoms with Gasteiger partial charge in [-0.1, -0.05) is 28.9 Å². The maximum absolute atomic E-state index is 3.60. The van der Waals surface area contributed by atoms with Gasteiger partial charge in [-0.2, -0.15) is 0 Å². The number of rotatable bonds is 2. The van der Waals surface area contributed by atoms with Crippen molar-refractivity contribution in [2.75, 3.05) is 5.33 Å². The van der Waals surface area contributed by atoms with Crippen molar-refractivity contribution in [1.82, 2.24) is 0 Å². The van der Waals surface area contributed by atoms with Gasteiger partial charge in [0.15, 0.2) is 0 Å². The molecule has 0 aliphatic carbocycles. The Morgan fingerprint density at radius 2 is 2.43 bits per heavy atom. The summed E-state index contributed by atoms with van der Waals surface area (Å²) in [6.45, 7) is 5.71. The number of halogens is 1. The van der Waals surface area contributed by atoms with E-state index in [9.17, 15) is 0 Å². The Hall–Kier alpha value is 0.986. The number of alkyl halides is 1. The largest absolute Gasteiger partial charge is 2.00 e. The molecule has 0 aromatic carbocycles. The van der Waals surface area contributed by atoms with E-state index in [-0.39, 0.29) is 25.9 Å². The summed E-state index contributed by atoms with van der Waals surface area (Å²) >= 11 is 3.30. The van der Waals surface area contributed by atoms with Crippen LogP contribution in [0.15, 0.2) is 12.7 Å². The number of hydrogen-bond donors (Lipinski definition) is 0. The molecule has 0 amide bonds. The zero-order valence-corrected chi connectivity index (χ0v) is 7.65. The van der Waals surface area contributed by atoms with Crippen LogP contribution in [0.25, 0.3) is 0 Å². The molecule has 0 aromatic rings. The standard InChI is InChI=1S/C5H9Br.Mg.2H/c1-3-5(2)4-6;;;/h3,5H,1,4H2,2H3;;;/q;+2;2*-1. The Morgan fingerprint density at radius 1 is 2.00 bits per heavy atom. The summed E-state index contributed by atoms with van der Waals surface area (Å²) in [7, 11) is 0. The minimum absolute atomic E-state index is 0. The molecule has 0 aliphatic heterocycles. The van der Waals surface area contributed by atoms with Gasteiger partial charge in [0.05, 0.1) is 0 Å². The van der Waals surface area contributed by atoms with E-state index < -0.39 is 0 Å². The van der Waals surface area contributed by atoms with Crippen LogP contribution in [0.3, 0.4) is 0 Å². The predicted octanol–water partition coefficient (Wildman–Crippen LogP) is 2.05. The van der Waals surface area contributed by atoms with Gasteiger partial charge < -0.3 is 2.85 Å². The molecule has 0 bridgehead atoms. The first kappa shape index (κ1) is 10.9. The Labute approximate surface area is 72.6 Å². The molecule has 0 rings (SSSR count). The SMILES string of the molecule is C=CC(C)CBr.[H-].[H-].[Mg+2]. The van der Waals surface area contributed by atoms with Crippen molar-refractivity contribution in [2.24, 2.45) is 5.92 Å². The fraction of sp³-hybridized carbons (Fsp3) is 0.600. The Kier molecular flexibility index (Phi) is 10.9. The second kappa shape index (κ2) is 6.99. The summed E-state index contributed by atoms with van der Waals surface area (Å²) in [5, 5.41) is 1.02. The summed E-state index contributed by atoms with van der Waals surface area (Å²) in [5.41, 5.74) is 0. The Balaban J connectivity index is -0.0000000417. The van der Waals surface area contributed by atoms with Gasteiger partial charge in [0.1, 0.15) is 0 Å². The van der Waals surface area contributed by atoms with Gasteiger partial charge in [-0.3, -0.25) is 0 Å². The van der Waals surface area contributed by atoms with Crippen molar-refractivity contribution in [2.45, 2.75) is 6.92 Å². The molecule has 0 nitrogen and oxygen atoms in total. The summed E-state index contributed by atoms with van der Waals surface area (Å²) in [6, 6.07) is 0. The fourth-order valence-corrected chi connectivity index (χ4v) is 0.327.